The average Bonchev–Trinajstić information content (AvgIpc) is 3.43. The first kappa shape index (κ1) is 24.7. The van der Waals surface area contributed by atoms with E-state index in [0.29, 0.717) is 37.0 Å². The summed E-state index contributed by atoms with van der Waals surface area (Å²) < 4.78 is 11.5. The molecule has 8 heteroatoms. The van der Waals surface area contributed by atoms with Crippen LogP contribution in [0.2, 0.25) is 0 Å². The summed E-state index contributed by atoms with van der Waals surface area (Å²) in [6.07, 6.45) is 2.58. The number of carbonyl (C=O) groups is 1. The molecule has 0 aromatic heterocycles. The number of carbonyl (C=O) groups excluding carboxylic acids is 1. The summed E-state index contributed by atoms with van der Waals surface area (Å²) >= 11 is 5.87. The van der Waals surface area contributed by atoms with Gasteiger partial charge in [0.15, 0.2) is 5.11 Å². The molecule has 36 heavy (non-hydrogen) atoms. The highest BCUT2D eigenvalue weighted by Crippen LogP contribution is 2.38. The van der Waals surface area contributed by atoms with Gasteiger partial charge in [0.2, 0.25) is 0 Å². The second-order valence-electron chi connectivity index (χ2n) is 9.31. The molecule has 0 unspecified atom stereocenters. The van der Waals surface area contributed by atoms with Gasteiger partial charge in [-0.2, -0.15) is 0 Å². The first-order valence-electron chi connectivity index (χ1n) is 12.9. The molecule has 0 spiro atoms. The minimum atomic E-state index is -0.333. The molecule has 2 aromatic rings. The maximum atomic E-state index is 14.3. The van der Waals surface area contributed by atoms with Crippen molar-refractivity contribution in [1.82, 2.24) is 20.4 Å². The number of thiocarbonyl (C=S) groups is 1. The van der Waals surface area contributed by atoms with E-state index in [1.165, 1.54) is 0 Å². The molecule has 2 aromatic carbocycles. The van der Waals surface area contributed by atoms with Crippen molar-refractivity contribution in [2.24, 2.45) is 0 Å². The molecule has 1 saturated heterocycles. The topological polar surface area (TPSA) is 66.1 Å². The first-order valence-corrected chi connectivity index (χ1v) is 13.3. The molecular weight excluding hydrogens is 472 g/mol. The van der Waals surface area contributed by atoms with Crippen LogP contribution in [0.25, 0.3) is 0 Å². The zero-order valence-corrected chi connectivity index (χ0v) is 21.5. The zero-order valence-electron chi connectivity index (χ0n) is 20.7. The summed E-state index contributed by atoms with van der Waals surface area (Å²) in [5, 5.41) is 7.81. The van der Waals surface area contributed by atoms with Crippen molar-refractivity contribution in [2.75, 3.05) is 32.9 Å². The third-order valence-electron chi connectivity index (χ3n) is 6.95. The summed E-state index contributed by atoms with van der Waals surface area (Å²) in [5.41, 5.74) is 2.73. The minimum absolute atomic E-state index is 0.00953. The Balaban J connectivity index is 1.56. The normalized spacial score (nSPS) is 24.0. The molecule has 1 amide bonds. The Labute approximate surface area is 218 Å². The predicted octanol–water partition coefficient (Wildman–Crippen LogP) is 3.87. The highest BCUT2D eigenvalue weighted by Gasteiger charge is 2.44. The fourth-order valence-corrected chi connectivity index (χ4v) is 5.47. The van der Waals surface area contributed by atoms with E-state index in [9.17, 15) is 4.79 Å². The molecule has 3 atom stereocenters. The maximum Gasteiger partial charge on any atom is 0.257 e. The van der Waals surface area contributed by atoms with Crippen molar-refractivity contribution >= 4 is 23.2 Å². The summed E-state index contributed by atoms with van der Waals surface area (Å²) in [6.45, 7) is 5.23. The smallest absolute Gasteiger partial charge is 0.257 e. The van der Waals surface area contributed by atoms with Crippen LogP contribution in [-0.4, -0.2) is 59.8 Å². The minimum Gasteiger partial charge on any atom is -0.382 e. The third-order valence-corrected chi connectivity index (χ3v) is 7.29. The summed E-state index contributed by atoms with van der Waals surface area (Å²) in [5.74, 6) is 0.790. The molecule has 0 aliphatic carbocycles. The van der Waals surface area contributed by atoms with E-state index >= 15 is 0 Å². The number of ether oxygens (including phenoxy) is 2. The Kier molecular flexibility index (Phi) is 7.84. The molecule has 0 saturated carbocycles. The monoisotopic (exact) mass is 506 g/mol. The standard InChI is InChI=1S/C28H34N4O3S/c1-2-34-17-10-16-31-25(21-13-7-4-8-14-21)30-26-23(27(31)33)24(20-11-5-3-6-12-20)29-28(36)32(26)19-22-15-9-18-35-22/h3-8,11-14,22,24-25,30H,2,9-10,15-19H2,1H3,(H,29,36)/t22-,24-,25-/m0/s1. The number of rotatable bonds is 9. The van der Waals surface area contributed by atoms with Crippen LogP contribution < -0.4 is 10.6 Å². The first-order chi connectivity index (χ1) is 17.7. The van der Waals surface area contributed by atoms with E-state index in [1.54, 1.807) is 0 Å². The van der Waals surface area contributed by atoms with Crippen molar-refractivity contribution in [3.8, 4) is 0 Å². The maximum absolute atomic E-state index is 14.3. The van der Waals surface area contributed by atoms with Crippen molar-refractivity contribution in [1.29, 1.82) is 0 Å². The van der Waals surface area contributed by atoms with Gasteiger partial charge in [0.25, 0.3) is 5.91 Å². The zero-order chi connectivity index (χ0) is 24.9. The van der Waals surface area contributed by atoms with E-state index in [0.717, 1.165) is 42.8 Å². The molecule has 1 fully saturated rings. The second-order valence-corrected chi connectivity index (χ2v) is 9.69. The molecule has 3 aliphatic rings. The number of nitrogens with one attached hydrogen (secondary N) is 2. The summed E-state index contributed by atoms with van der Waals surface area (Å²) in [6, 6.07) is 19.8. The number of amides is 1. The predicted molar refractivity (Wildman–Crippen MR) is 143 cm³/mol. The fraction of sp³-hybridized carbons (Fsp3) is 0.429. The summed E-state index contributed by atoms with van der Waals surface area (Å²) in [4.78, 5) is 18.3. The van der Waals surface area contributed by atoms with Gasteiger partial charge in [-0.25, -0.2) is 0 Å². The molecular formula is C28H34N4O3S. The van der Waals surface area contributed by atoms with Crippen LogP contribution in [0.15, 0.2) is 72.1 Å². The van der Waals surface area contributed by atoms with Crippen LogP contribution in [0.4, 0.5) is 0 Å². The van der Waals surface area contributed by atoms with Gasteiger partial charge in [0.1, 0.15) is 12.0 Å². The van der Waals surface area contributed by atoms with Gasteiger partial charge in [0.05, 0.1) is 24.3 Å². The van der Waals surface area contributed by atoms with Gasteiger partial charge in [-0.3, -0.25) is 4.79 Å². The molecule has 0 bridgehead atoms. The Hall–Kier alpha value is -2.94. The Morgan fingerprint density at radius 3 is 2.44 bits per heavy atom. The van der Waals surface area contributed by atoms with Crippen LogP contribution in [0.5, 0.6) is 0 Å². The average molecular weight is 507 g/mol. The molecule has 3 aliphatic heterocycles. The third kappa shape index (κ3) is 5.12. The highest BCUT2D eigenvalue weighted by atomic mass is 32.1. The lowest BCUT2D eigenvalue weighted by molar-refractivity contribution is -0.132. The largest absolute Gasteiger partial charge is 0.382 e. The van der Waals surface area contributed by atoms with Gasteiger partial charge < -0.3 is 29.9 Å². The van der Waals surface area contributed by atoms with E-state index in [-0.39, 0.29) is 24.2 Å². The van der Waals surface area contributed by atoms with Crippen molar-refractivity contribution in [3.05, 3.63) is 83.2 Å². The van der Waals surface area contributed by atoms with Crippen molar-refractivity contribution in [3.63, 3.8) is 0 Å². The number of benzene rings is 2. The van der Waals surface area contributed by atoms with Gasteiger partial charge in [-0.1, -0.05) is 60.7 Å². The molecule has 0 radical (unpaired) electrons. The van der Waals surface area contributed by atoms with Crippen LogP contribution in [0, 0.1) is 0 Å². The van der Waals surface area contributed by atoms with Gasteiger partial charge in [-0.15, -0.1) is 0 Å². The number of hydrogen-bond donors (Lipinski definition) is 2. The van der Waals surface area contributed by atoms with E-state index in [1.807, 2.05) is 65.3 Å². The number of hydrogen-bond acceptors (Lipinski definition) is 5. The van der Waals surface area contributed by atoms with E-state index < -0.39 is 0 Å². The quantitative estimate of drug-likeness (QED) is 0.395. The molecule has 7 nitrogen and oxygen atoms in total. The molecule has 3 heterocycles. The lowest BCUT2D eigenvalue weighted by Crippen LogP contribution is -2.60. The van der Waals surface area contributed by atoms with Gasteiger partial charge in [-0.05, 0) is 49.5 Å². The lowest BCUT2D eigenvalue weighted by atomic mass is 9.92. The second kappa shape index (κ2) is 11.4. The van der Waals surface area contributed by atoms with Crippen molar-refractivity contribution in [2.45, 2.75) is 44.5 Å². The lowest BCUT2D eigenvalue weighted by Gasteiger charge is -2.47. The van der Waals surface area contributed by atoms with Crippen LogP contribution in [-0.2, 0) is 14.3 Å². The molecule has 2 N–H and O–H groups in total. The van der Waals surface area contributed by atoms with Crippen LogP contribution in [0.3, 0.4) is 0 Å². The van der Waals surface area contributed by atoms with Crippen molar-refractivity contribution < 1.29 is 14.3 Å². The fourth-order valence-electron chi connectivity index (χ4n) is 5.19. The molecule has 5 rings (SSSR count). The SMILES string of the molecule is CCOCCCN1C(=O)C2=C(N[C@@H]1c1ccccc1)N(C[C@@H]1CCCO1)C(=S)N[C@H]2c1ccccc1. The Morgan fingerprint density at radius 2 is 1.78 bits per heavy atom. The van der Waals surface area contributed by atoms with Crippen LogP contribution >= 0.6 is 12.2 Å². The number of nitrogens with zero attached hydrogens (tertiary/aromatic N) is 2. The highest BCUT2D eigenvalue weighted by molar-refractivity contribution is 7.80. The van der Waals surface area contributed by atoms with Gasteiger partial charge >= 0.3 is 0 Å². The Morgan fingerprint density at radius 1 is 1.06 bits per heavy atom. The summed E-state index contributed by atoms with van der Waals surface area (Å²) in [7, 11) is 0. The molecule has 190 valence electrons. The van der Waals surface area contributed by atoms with Crippen LogP contribution in [0.1, 0.15) is 49.5 Å². The van der Waals surface area contributed by atoms with E-state index in [2.05, 4.69) is 22.8 Å². The Bertz CT molecular complexity index is 1090. The van der Waals surface area contributed by atoms with Gasteiger partial charge in [0, 0.05) is 26.4 Å². The van der Waals surface area contributed by atoms with E-state index in [4.69, 9.17) is 21.7 Å².